The van der Waals surface area contributed by atoms with E-state index in [1.165, 1.54) is 39.2 Å². The van der Waals surface area contributed by atoms with Crippen LogP contribution in [0.15, 0.2) is 66.7 Å². The lowest BCUT2D eigenvalue weighted by atomic mass is 9.92. The van der Waals surface area contributed by atoms with E-state index in [4.69, 9.17) is 0 Å². The van der Waals surface area contributed by atoms with Crippen LogP contribution in [0.3, 0.4) is 0 Å². The molecule has 0 radical (unpaired) electrons. The molecule has 1 nitrogen and oxygen atoms in total. The molecule has 1 heterocycles. The van der Waals surface area contributed by atoms with E-state index in [2.05, 4.69) is 85.6 Å². The number of fused-ring (bicyclic) bond motifs is 2. The molecule has 0 bridgehead atoms. The van der Waals surface area contributed by atoms with Crippen LogP contribution in [-0.4, -0.2) is 7.05 Å². The topological polar surface area (TPSA) is 3.24 Å². The zero-order valence-corrected chi connectivity index (χ0v) is 13.0. The Morgan fingerprint density at radius 1 is 0.727 bits per heavy atom. The van der Waals surface area contributed by atoms with Crippen LogP contribution in [0, 0.1) is 6.92 Å². The summed E-state index contributed by atoms with van der Waals surface area (Å²) in [5.41, 5.74) is 9.37. The Morgan fingerprint density at radius 3 is 2.18 bits per heavy atom. The highest BCUT2D eigenvalue weighted by Gasteiger charge is 2.20. The number of hydrogen-bond acceptors (Lipinski definition) is 1. The van der Waals surface area contributed by atoms with Gasteiger partial charge in [0.15, 0.2) is 0 Å². The summed E-state index contributed by atoms with van der Waals surface area (Å²) < 4.78 is 0. The average Bonchev–Trinajstić information content (AvgIpc) is 2.55. The molecule has 22 heavy (non-hydrogen) atoms. The minimum absolute atomic E-state index is 1.01. The fourth-order valence-electron chi connectivity index (χ4n) is 3.38. The van der Waals surface area contributed by atoms with Crippen LogP contribution in [0.2, 0.25) is 0 Å². The molecule has 1 aliphatic heterocycles. The molecule has 1 heteroatoms. The Morgan fingerprint density at radius 2 is 1.41 bits per heavy atom. The molecule has 3 aromatic rings. The van der Waals surface area contributed by atoms with E-state index in [-0.39, 0.29) is 0 Å². The Bertz CT molecular complexity index is 834. The van der Waals surface area contributed by atoms with E-state index >= 15 is 0 Å². The molecule has 108 valence electrons. The number of hydrogen-bond donors (Lipinski definition) is 0. The van der Waals surface area contributed by atoms with Gasteiger partial charge in [0.2, 0.25) is 0 Å². The summed E-state index contributed by atoms with van der Waals surface area (Å²) in [5, 5.41) is 0. The molecular formula is C21H19N. The highest BCUT2D eigenvalue weighted by atomic mass is 15.1. The molecule has 4 rings (SSSR count). The number of benzene rings is 3. The van der Waals surface area contributed by atoms with Crippen LogP contribution >= 0.6 is 0 Å². The number of aryl methyl sites for hydroxylation is 1. The molecule has 0 saturated heterocycles. The van der Waals surface area contributed by atoms with Crippen LogP contribution in [0.5, 0.6) is 0 Å². The van der Waals surface area contributed by atoms with E-state index < -0.39 is 0 Å². The maximum Gasteiger partial charge on any atom is 0.0444 e. The SMILES string of the molecule is Cc1ccc2c(c1)Cc1cc(-c3ccccc3)ccc1N2C. The smallest absolute Gasteiger partial charge is 0.0444 e. The van der Waals surface area contributed by atoms with Gasteiger partial charge in [0.1, 0.15) is 0 Å². The fourth-order valence-corrected chi connectivity index (χ4v) is 3.38. The Hall–Kier alpha value is -2.54. The molecule has 0 fully saturated rings. The van der Waals surface area contributed by atoms with Crippen LogP contribution in [0.4, 0.5) is 11.4 Å². The molecule has 0 spiro atoms. The summed E-state index contributed by atoms with van der Waals surface area (Å²) in [5.74, 6) is 0. The summed E-state index contributed by atoms with van der Waals surface area (Å²) in [6.07, 6.45) is 1.01. The van der Waals surface area contributed by atoms with Gasteiger partial charge in [0.05, 0.1) is 0 Å². The van der Waals surface area contributed by atoms with Gasteiger partial charge < -0.3 is 4.90 Å². The Kier molecular flexibility index (Phi) is 3.00. The van der Waals surface area contributed by atoms with Crippen molar-refractivity contribution >= 4 is 11.4 Å². The van der Waals surface area contributed by atoms with Crippen molar-refractivity contribution in [3.63, 3.8) is 0 Å². The summed E-state index contributed by atoms with van der Waals surface area (Å²) in [6, 6.07) is 24.2. The molecule has 1 aliphatic rings. The predicted molar refractivity (Wildman–Crippen MR) is 93.9 cm³/mol. The first-order chi connectivity index (χ1) is 10.7. The molecule has 0 unspecified atom stereocenters. The van der Waals surface area contributed by atoms with Gasteiger partial charge in [-0.1, -0.05) is 54.1 Å². The second-order valence-electron chi connectivity index (χ2n) is 6.08. The number of rotatable bonds is 1. The van der Waals surface area contributed by atoms with Gasteiger partial charge in [-0.15, -0.1) is 0 Å². The van der Waals surface area contributed by atoms with Crippen molar-refractivity contribution in [2.45, 2.75) is 13.3 Å². The Labute approximate surface area is 131 Å². The van der Waals surface area contributed by atoms with Crippen molar-refractivity contribution in [2.24, 2.45) is 0 Å². The molecular weight excluding hydrogens is 266 g/mol. The summed E-state index contributed by atoms with van der Waals surface area (Å²) in [6.45, 7) is 2.16. The van der Waals surface area contributed by atoms with Crippen molar-refractivity contribution in [1.82, 2.24) is 0 Å². The summed E-state index contributed by atoms with van der Waals surface area (Å²) in [4.78, 5) is 2.31. The van der Waals surface area contributed by atoms with Gasteiger partial charge in [-0.25, -0.2) is 0 Å². The zero-order chi connectivity index (χ0) is 15.1. The van der Waals surface area contributed by atoms with Gasteiger partial charge in [0, 0.05) is 24.8 Å². The predicted octanol–water partition coefficient (Wildman–Crippen LogP) is 5.33. The van der Waals surface area contributed by atoms with E-state index in [1.807, 2.05) is 0 Å². The maximum atomic E-state index is 2.34. The minimum Gasteiger partial charge on any atom is -0.344 e. The van der Waals surface area contributed by atoms with E-state index in [9.17, 15) is 0 Å². The highest BCUT2D eigenvalue weighted by Crippen LogP contribution is 2.39. The van der Waals surface area contributed by atoms with Crippen molar-refractivity contribution < 1.29 is 0 Å². The van der Waals surface area contributed by atoms with Crippen molar-refractivity contribution in [1.29, 1.82) is 0 Å². The first-order valence-corrected chi connectivity index (χ1v) is 7.74. The van der Waals surface area contributed by atoms with E-state index in [1.54, 1.807) is 0 Å². The minimum atomic E-state index is 1.01. The fraction of sp³-hybridized carbons (Fsp3) is 0.143. The lowest BCUT2D eigenvalue weighted by Crippen LogP contribution is -2.18. The van der Waals surface area contributed by atoms with Crippen LogP contribution in [0.25, 0.3) is 11.1 Å². The largest absolute Gasteiger partial charge is 0.344 e. The van der Waals surface area contributed by atoms with Gasteiger partial charge >= 0.3 is 0 Å². The summed E-state index contributed by atoms with van der Waals surface area (Å²) in [7, 11) is 2.16. The quantitative estimate of drug-likeness (QED) is 0.584. The monoisotopic (exact) mass is 285 g/mol. The summed E-state index contributed by atoms with van der Waals surface area (Å²) >= 11 is 0. The molecule has 0 aromatic heterocycles. The van der Waals surface area contributed by atoms with Crippen LogP contribution in [-0.2, 0) is 6.42 Å². The standard InChI is InChI=1S/C21H19N/c1-15-8-10-20-18(12-15)14-19-13-17(9-11-21(19)22(20)2)16-6-4-3-5-7-16/h3-13H,14H2,1-2H3. The third kappa shape index (κ3) is 2.10. The first kappa shape index (κ1) is 13.1. The Balaban J connectivity index is 1.81. The second-order valence-corrected chi connectivity index (χ2v) is 6.08. The first-order valence-electron chi connectivity index (χ1n) is 7.74. The van der Waals surface area contributed by atoms with Gasteiger partial charge in [0.25, 0.3) is 0 Å². The van der Waals surface area contributed by atoms with Gasteiger partial charge in [-0.05, 0) is 47.4 Å². The third-order valence-electron chi connectivity index (χ3n) is 4.53. The average molecular weight is 285 g/mol. The number of anilines is 2. The molecule has 0 atom stereocenters. The zero-order valence-electron chi connectivity index (χ0n) is 13.0. The molecule has 0 saturated carbocycles. The van der Waals surface area contributed by atoms with Gasteiger partial charge in [-0.2, -0.15) is 0 Å². The third-order valence-corrected chi connectivity index (χ3v) is 4.53. The van der Waals surface area contributed by atoms with Gasteiger partial charge in [-0.3, -0.25) is 0 Å². The number of nitrogens with zero attached hydrogens (tertiary/aromatic N) is 1. The normalized spacial score (nSPS) is 12.7. The molecule has 3 aromatic carbocycles. The van der Waals surface area contributed by atoms with E-state index in [0.717, 1.165) is 6.42 Å². The van der Waals surface area contributed by atoms with Crippen LogP contribution in [0.1, 0.15) is 16.7 Å². The second kappa shape index (κ2) is 5.03. The molecule has 0 N–H and O–H groups in total. The van der Waals surface area contributed by atoms with Crippen LogP contribution < -0.4 is 4.90 Å². The molecule has 0 aliphatic carbocycles. The van der Waals surface area contributed by atoms with Crippen molar-refractivity contribution in [2.75, 3.05) is 11.9 Å². The highest BCUT2D eigenvalue weighted by molar-refractivity contribution is 5.77. The van der Waals surface area contributed by atoms with Crippen molar-refractivity contribution in [3.8, 4) is 11.1 Å². The lowest BCUT2D eigenvalue weighted by molar-refractivity contribution is 1.05. The van der Waals surface area contributed by atoms with Crippen molar-refractivity contribution in [3.05, 3.63) is 83.4 Å². The maximum absolute atomic E-state index is 2.34. The molecule has 0 amide bonds. The lowest BCUT2D eigenvalue weighted by Gasteiger charge is -2.30. The van der Waals surface area contributed by atoms with E-state index in [0.29, 0.717) is 0 Å².